The molecule has 0 radical (unpaired) electrons. The summed E-state index contributed by atoms with van der Waals surface area (Å²) < 4.78 is 5.01. The van der Waals surface area contributed by atoms with E-state index in [1.165, 1.54) is 22.7 Å². The molecule has 4 aromatic rings. The van der Waals surface area contributed by atoms with Gasteiger partial charge < -0.3 is 4.57 Å². The molecule has 0 atom stereocenters. The van der Waals surface area contributed by atoms with Crippen molar-refractivity contribution in [2.75, 3.05) is 0 Å². The van der Waals surface area contributed by atoms with Gasteiger partial charge in [0.05, 0.1) is 15.2 Å². The highest BCUT2D eigenvalue weighted by molar-refractivity contribution is 9.10. The van der Waals surface area contributed by atoms with Crippen LogP contribution in [0.1, 0.15) is 9.67 Å². The molecule has 26 heavy (non-hydrogen) atoms. The van der Waals surface area contributed by atoms with Crippen LogP contribution in [0.2, 0.25) is 5.02 Å². The number of aromatic nitrogens is 1. The maximum Gasteiger partial charge on any atom is 0.291 e. The molecule has 2 aromatic heterocycles. The Morgan fingerprint density at radius 3 is 2.81 bits per heavy atom. The van der Waals surface area contributed by atoms with Crippen LogP contribution in [0.5, 0.6) is 0 Å². The first-order valence-corrected chi connectivity index (χ1v) is 10.5. The standard InChI is InChI=1S/C19H12BrClN2OS2/c1-2-9-23-13-8-7-11(20)10-15(13)26-19(23)22-18(24)17-16(21)12-5-3-4-6-14(12)25-17/h2-8,10H,1,9H2/b22-19-. The lowest BCUT2D eigenvalue weighted by Gasteiger charge is -2.00. The van der Waals surface area contributed by atoms with Gasteiger partial charge in [-0.25, -0.2) is 0 Å². The van der Waals surface area contributed by atoms with Crippen molar-refractivity contribution in [1.82, 2.24) is 4.57 Å². The molecule has 130 valence electrons. The highest BCUT2D eigenvalue weighted by Gasteiger charge is 2.17. The molecule has 0 bridgehead atoms. The van der Waals surface area contributed by atoms with E-state index in [4.69, 9.17) is 11.6 Å². The van der Waals surface area contributed by atoms with Crippen LogP contribution in [0.15, 0.2) is 64.6 Å². The Bertz CT molecular complexity index is 1240. The van der Waals surface area contributed by atoms with Crippen LogP contribution < -0.4 is 4.80 Å². The van der Waals surface area contributed by atoms with E-state index in [9.17, 15) is 4.79 Å². The van der Waals surface area contributed by atoms with Crippen LogP contribution in [0.4, 0.5) is 0 Å². The third-order valence-electron chi connectivity index (χ3n) is 3.88. The van der Waals surface area contributed by atoms with E-state index in [0.29, 0.717) is 21.2 Å². The smallest absolute Gasteiger partial charge is 0.291 e. The summed E-state index contributed by atoms with van der Waals surface area (Å²) >= 11 is 12.8. The van der Waals surface area contributed by atoms with Crippen LogP contribution in [-0.2, 0) is 6.54 Å². The summed E-state index contributed by atoms with van der Waals surface area (Å²) in [7, 11) is 0. The van der Waals surface area contributed by atoms with E-state index in [-0.39, 0.29) is 5.91 Å². The molecule has 2 heterocycles. The average Bonchev–Trinajstić information content (AvgIpc) is 3.13. The lowest BCUT2D eigenvalue weighted by atomic mass is 10.2. The highest BCUT2D eigenvalue weighted by atomic mass is 79.9. The van der Waals surface area contributed by atoms with E-state index in [1.54, 1.807) is 6.08 Å². The number of hydrogen-bond acceptors (Lipinski definition) is 3. The topological polar surface area (TPSA) is 34.4 Å². The third-order valence-corrected chi connectivity index (χ3v) is 7.08. The van der Waals surface area contributed by atoms with Gasteiger partial charge in [0.1, 0.15) is 4.88 Å². The fourth-order valence-corrected chi connectivity index (χ4v) is 5.71. The predicted octanol–water partition coefficient (Wildman–Crippen LogP) is 6.26. The number of allylic oxidation sites excluding steroid dienone is 1. The first-order valence-electron chi connectivity index (χ1n) is 7.74. The fourth-order valence-electron chi connectivity index (χ4n) is 2.73. The van der Waals surface area contributed by atoms with Crippen molar-refractivity contribution in [3.05, 3.63) is 74.3 Å². The number of halogens is 2. The van der Waals surface area contributed by atoms with Crippen LogP contribution in [0.25, 0.3) is 20.3 Å². The van der Waals surface area contributed by atoms with E-state index >= 15 is 0 Å². The fraction of sp³-hybridized carbons (Fsp3) is 0.0526. The number of thiophene rings is 1. The number of thiazole rings is 1. The van der Waals surface area contributed by atoms with E-state index in [1.807, 2.05) is 47.0 Å². The van der Waals surface area contributed by atoms with Gasteiger partial charge in [-0.2, -0.15) is 4.99 Å². The van der Waals surface area contributed by atoms with Crippen LogP contribution >= 0.6 is 50.2 Å². The second-order valence-electron chi connectivity index (χ2n) is 5.55. The van der Waals surface area contributed by atoms with Crippen molar-refractivity contribution in [1.29, 1.82) is 0 Å². The molecule has 0 spiro atoms. The lowest BCUT2D eigenvalue weighted by Crippen LogP contribution is -2.16. The summed E-state index contributed by atoms with van der Waals surface area (Å²) in [6.45, 7) is 4.39. The van der Waals surface area contributed by atoms with Crippen molar-refractivity contribution in [2.24, 2.45) is 4.99 Å². The molecule has 0 saturated heterocycles. The summed E-state index contributed by atoms with van der Waals surface area (Å²) in [6, 6.07) is 13.7. The Morgan fingerprint density at radius 2 is 2.04 bits per heavy atom. The Kier molecular flexibility index (Phi) is 4.84. The molecular weight excluding hydrogens is 452 g/mol. The molecule has 0 N–H and O–H groups in total. The van der Waals surface area contributed by atoms with E-state index in [0.717, 1.165) is 24.8 Å². The second kappa shape index (κ2) is 7.12. The quantitative estimate of drug-likeness (QED) is 0.330. The van der Waals surface area contributed by atoms with Gasteiger partial charge in [-0.05, 0) is 24.3 Å². The van der Waals surface area contributed by atoms with Gasteiger partial charge >= 0.3 is 0 Å². The van der Waals surface area contributed by atoms with Crippen molar-refractivity contribution in [3.8, 4) is 0 Å². The number of hydrogen-bond donors (Lipinski definition) is 0. The molecule has 2 aromatic carbocycles. The molecule has 0 saturated carbocycles. The summed E-state index contributed by atoms with van der Waals surface area (Å²) in [4.78, 5) is 18.3. The molecule has 0 unspecified atom stereocenters. The van der Waals surface area contributed by atoms with E-state index in [2.05, 4.69) is 27.5 Å². The summed E-state index contributed by atoms with van der Waals surface area (Å²) in [6.07, 6.45) is 1.80. The number of carbonyl (C=O) groups excluding carboxylic acids is 1. The molecular formula is C19H12BrClN2OS2. The minimum atomic E-state index is -0.320. The van der Waals surface area contributed by atoms with Gasteiger partial charge in [0.2, 0.25) is 0 Å². The molecule has 7 heteroatoms. The number of amides is 1. The average molecular weight is 464 g/mol. The number of fused-ring (bicyclic) bond motifs is 2. The molecule has 0 aliphatic carbocycles. The zero-order valence-corrected chi connectivity index (χ0v) is 17.4. The van der Waals surface area contributed by atoms with Gasteiger partial charge in [0.15, 0.2) is 4.80 Å². The van der Waals surface area contributed by atoms with Crippen molar-refractivity contribution in [2.45, 2.75) is 6.54 Å². The zero-order chi connectivity index (χ0) is 18.3. The number of rotatable bonds is 3. The Morgan fingerprint density at radius 1 is 1.23 bits per heavy atom. The van der Waals surface area contributed by atoms with Gasteiger partial charge in [0, 0.05) is 21.1 Å². The lowest BCUT2D eigenvalue weighted by molar-refractivity contribution is 0.100. The van der Waals surface area contributed by atoms with Gasteiger partial charge in [-0.1, -0.05) is 63.1 Å². The normalized spacial score (nSPS) is 12.2. The van der Waals surface area contributed by atoms with Crippen molar-refractivity contribution < 1.29 is 4.79 Å². The van der Waals surface area contributed by atoms with Crippen LogP contribution in [0.3, 0.4) is 0 Å². The molecule has 0 aliphatic rings. The maximum atomic E-state index is 12.8. The second-order valence-corrected chi connectivity index (χ2v) is 8.91. The molecule has 1 amide bonds. The Labute approximate surface area is 171 Å². The molecule has 4 rings (SSSR count). The van der Waals surface area contributed by atoms with Gasteiger partial charge in [-0.3, -0.25) is 4.79 Å². The van der Waals surface area contributed by atoms with Gasteiger partial charge in [0.25, 0.3) is 5.91 Å². The summed E-state index contributed by atoms with van der Waals surface area (Å²) in [5.74, 6) is -0.320. The number of carbonyl (C=O) groups is 1. The van der Waals surface area contributed by atoms with Gasteiger partial charge in [-0.15, -0.1) is 17.9 Å². The van der Waals surface area contributed by atoms with Crippen molar-refractivity contribution in [3.63, 3.8) is 0 Å². The summed E-state index contributed by atoms with van der Waals surface area (Å²) in [5, 5.41) is 1.36. The van der Waals surface area contributed by atoms with Crippen molar-refractivity contribution >= 4 is 76.4 Å². The Hall–Kier alpha value is -1.73. The first-order chi connectivity index (χ1) is 12.6. The number of nitrogens with zero attached hydrogens (tertiary/aromatic N) is 2. The van der Waals surface area contributed by atoms with Crippen LogP contribution in [-0.4, -0.2) is 10.5 Å². The zero-order valence-electron chi connectivity index (χ0n) is 13.4. The minimum Gasteiger partial charge on any atom is -0.312 e. The Balaban J connectivity index is 1.89. The first kappa shape index (κ1) is 17.7. The summed E-state index contributed by atoms with van der Waals surface area (Å²) in [5.41, 5.74) is 1.02. The maximum absolute atomic E-state index is 12.8. The predicted molar refractivity (Wildman–Crippen MR) is 114 cm³/mol. The minimum absolute atomic E-state index is 0.320. The van der Waals surface area contributed by atoms with E-state index < -0.39 is 0 Å². The monoisotopic (exact) mass is 462 g/mol. The van der Waals surface area contributed by atoms with Crippen LogP contribution in [0, 0.1) is 0 Å². The largest absolute Gasteiger partial charge is 0.312 e. The third kappa shape index (κ3) is 3.07. The highest BCUT2D eigenvalue weighted by Crippen LogP contribution is 2.35. The molecule has 0 fully saturated rings. The number of benzene rings is 2. The SMILES string of the molecule is C=CCn1/c(=N/C(=O)c2sc3ccccc3c2Cl)sc2cc(Br)ccc21. The molecule has 3 nitrogen and oxygen atoms in total. The molecule has 0 aliphatic heterocycles.